The number of nitrogens with zero attached hydrogens (tertiary/aromatic N) is 1. The third-order valence-corrected chi connectivity index (χ3v) is 5.16. The molecule has 2 aromatic carbocycles. The zero-order valence-corrected chi connectivity index (χ0v) is 15.5. The number of halogens is 2. The van der Waals surface area contributed by atoms with Crippen molar-refractivity contribution >= 4 is 17.5 Å². The van der Waals surface area contributed by atoms with Gasteiger partial charge in [-0.15, -0.1) is 0 Å². The molecule has 26 heavy (non-hydrogen) atoms. The predicted molar refractivity (Wildman–Crippen MR) is 103 cm³/mol. The lowest BCUT2D eigenvalue weighted by Gasteiger charge is -2.31. The Morgan fingerprint density at radius 2 is 1.88 bits per heavy atom. The van der Waals surface area contributed by atoms with Gasteiger partial charge in [0.25, 0.3) is 0 Å². The van der Waals surface area contributed by atoms with Crippen LogP contribution in [-0.4, -0.2) is 30.4 Å². The Kier molecular flexibility index (Phi) is 6.64. The van der Waals surface area contributed by atoms with E-state index in [0.717, 1.165) is 32.4 Å². The van der Waals surface area contributed by atoms with Crippen molar-refractivity contribution in [2.24, 2.45) is 5.92 Å². The number of piperidine rings is 1. The lowest BCUT2D eigenvalue weighted by molar-refractivity contribution is -0.126. The van der Waals surface area contributed by atoms with Gasteiger partial charge in [0.15, 0.2) is 0 Å². The molecule has 0 bridgehead atoms. The maximum Gasteiger partial charge on any atom is 0.223 e. The lowest BCUT2D eigenvalue weighted by atomic mass is 9.95. The van der Waals surface area contributed by atoms with Crippen molar-refractivity contribution < 1.29 is 9.18 Å². The summed E-state index contributed by atoms with van der Waals surface area (Å²) >= 11 is 5.80. The number of hydrogen-bond acceptors (Lipinski definition) is 2. The Hall–Kier alpha value is -1.91. The van der Waals surface area contributed by atoms with Crippen LogP contribution in [0.3, 0.4) is 0 Å². The molecule has 1 saturated heterocycles. The summed E-state index contributed by atoms with van der Waals surface area (Å²) < 4.78 is 13.9. The topological polar surface area (TPSA) is 32.3 Å². The quantitative estimate of drug-likeness (QED) is 0.827. The van der Waals surface area contributed by atoms with Crippen molar-refractivity contribution in [1.29, 1.82) is 0 Å². The van der Waals surface area contributed by atoms with Gasteiger partial charge in [0, 0.05) is 29.6 Å². The van der Waals surface area contributed by atoms with Gasteiger partial charge in [-0.3, -0.25) is 9.69 Å². The van der Waals surface area contributed by atoms with Crippen molar-refractivity contribution in [2.75, 3.05) is 19.6 Å². The summed E-state index contributed by atoms with van der Waals surface area (Å²) in [6.07, 6.45) is 2.47. The van der Waals surface area contributed by atoms with Gasteiger partial charge in [-0.2, -0.15) is 0 Å². The number of rotatable bonds is 6. The standard InChI is InChI=1S/C21H24ClFN2O/c22-19-7-6-18(20(23)14-19)15-25-12-9-17(10-13-25)21(26)24-11-8-16-4-2-1-3-5-16/h1-7,14,17H,8-13,15H2,(H,24,26). The van der Waals surface area contributed by atoms with Crippen LogP contribution in [0.25, 0.3) is 0 Å². The number of carbonyl (C=O) groups excluding carboxylic acids is 1. The molecule has 0 saturated carbocycles. The van der Waals surface area contributed by atoms with Crippen LogP contribution >= 0.6 is 11.6 Å². The second kappa shape index (κ2) is 9.15. The highest BCUT2D eigenvalue weighted by Crippen LogP contribution is 2.21. The maximum absolute atomic E-state index is 13.9. The van der Waals surface area contributed by atoms with Gasteiger partial charge in [0.1, 0.15) is 5.82 Å². The molecule has 5 heteroatoms. The first-order chi connectivity index (χ1) is 12.6. The molecule has 138 valence electrons. The Labute approximate surface area is 159 Å². The van der Waals surface area contributed by atoms with E-state index < -0.39 is 0 Å². The molecule has 1 N–H and O–H groups in total. The van der Waals surface area contributed by atoms with Gasteiger partial charge < -0.3 is 5.32 Å². The smallest absolute Gasteiger partial charge is 0.223 e. The Morgan fingerprint density at radius 1 is 1.15 bits per heavy atom. The van der Waals surface area contributed by atoms with Crippen molar-refractivity contribution in [3.8, 4) is 0 Å². The van der Waals surface area contributed by atoms with Crippen LogP contribution in [0.5, 0.6) is 0 Å². The van der Waals surface area contributed by atoms with Crippen LogP contribution in [0.15, 0.2) is 48.5 Å². The fourth-order valence-electron chi connectivity index (χ4n) is 3.36. The van der Waals surface area contributed by atoms with Crippen LogP contribution in [0.1, 0.15) is 24.0 Å². The number of amides is 1. The molecule has 3 nitrogen and oxygen atoms in total. The molecule has 0 aliphatic carbocycles. The van der Waals surface area contributed by atoms with E-state index in [9.17, 15) is 9.18 Å². The van der Waals surface area contributed by atoms with Gasteiger partial charge >= 0.3 is 0 Å². The molecule has 2 aromatic rings. The first-order valence-corrected chi connectivity index (χ1v) is 9.47. The molecular formula is C21H24ClFN2O. The van der Waals surface area contributed by atoms with E-state index in [1.807, 2.05) is 18.2 Å². The molecule has 0 spiro atoms. The molecule has 0 radical (unpaired) electrons. The van der Waals surface area contributed by atoms with Crippen LogP contribution in [0.2, 0.25) is 5.02 Å². The van der Waals surface area contributed by atoms with E-state index in [1.54, 1.807) is 12.1 Å². The Bertz CT molecular complexity index is 730. The van der Waals surface area contributed by atoms with Crippen molar-refractivity contribution in [3.05, 3.63) is 70.5 Å². The summed E-state index contributed by atoms with van der Waals surface area (Å²) in [5.41, 5.74) is 1.88. The van der Waals surface area contributed by atoms with Crippen LogP contribution in [0, 0.1) is 11.7 Å². The highest BCUT2D eigenvalue weighted by Gasteiger charge is 2.25. The van der Waals surface area contributed by atoms with E-state index in [1.165, 1.54) is 11.6 Å². The van der Waals surface area contributed by atoms with Gasteiger partial charge in [-0.25, -0.2) is 4.39 Å². The zero-order chi connectivity index (χ0) is 18.4. The number of benzene rings is 2. The van der Waals surface area contributed by atoms with Crippen molar-refractivity contribution in [2.45, 2.75) is 25.8 Å². The van der Waals surface area contributed by atoms with Gasteiger partial charge in [0.05, 0.1) is 0 Å². The zero-order valence-electron chi connectivity index (χ0n) is 14.8. The Morgan fingerprint density at radius 3 is 2.58 bits per heavy atom. The number of nitrogens with one attached hydrogen (secondary N) is 1. The van der Waals surface area contributed by atoms with E-state index in [4.69, 9.17) is 11.6 Å². The maximum atomic E-state index is 13.9. The fourth-order valence-corrected chi connectivity index (χ4v) is 3.52. The first kappa shape index (κ1) is 18.9. The second-order valence-electron chi connectivity index (χ2n) is 6.81. The highest BCUT2D eigenvalue weighted by atomic mass is 35.5. The van der Waals surface area contributed by atoms with E-state index >= 15 is 0 Å². The van der Waals surface area contributed by atoms with E-state index in [0.29, 0.717) is 23.7 Å². The average Bonchev–Trinajstić information content (AvgIpc) is 2.65. The SMILES string of the molecule is O=C(NCCc1ccccc1)C1CCN(Cc2ccc(Cl)cc2F)CC1. The minimum absolute atomic E-state index is 0.0529. The minimum Gasteiger partial charge on any atom is -0.356 e. The fraction of sp³-hybridized carbons (Fsp3) is 0.381. The molecular weight excluding hydrogens is 351 g/mol. The largest absolute Gasteiger partial charge is 0.356 e. The molecule has 0 atom stereocenters. The van der Waals surface area contributed by atoms with E-state index in [-0.39, 0.29) is 17.6 Å². The minimum atomic E-state index is -0.265. The number of likely N-dealkylation sites (tertiary alicyclic amines) is 1. The number of carbonyl (C=O) groups is 1. The summed E-state index contributed by atoms with van der Waals surface area (Å²) in [5, 5.41) is 3.46. The lowest BCUT2D eigenvalue weighted by Crippen LogP contribution is -2.40. The van der Waals surface area contributed by atoms with Gasteiger partial charge in [-0.1, -0.05) is 48.0 Å². The van der Waals surface area contributed by atoms with Crippen LogP contribution in [-0.2, 0) is 17.8 Å². The summed E-state index contributed by atoms with van der Waals surface area (Å²) in [7, 11) is 0. The van der Waals surface area contributed by atoms with Crippen molar-refractivity contribution in [3.63, 3.8) is 0 Å². The molecule has 3 rings (SSSR count). The highest BCUT2D eigenvalue weighted by molar-refractivity contribution is 6.30. The molecule has 0 unspecified atom stereocenters. The summed E-state index contributed by atoms with van der Waals surface area (Å²) in [6.45, 7) is 2.84. The van der Waals surface area contributed by atoms with Gasteiger partial charge in [0.2, 0.25) is 5.91 Å². The molecule has 1 aliphatic heterocycles. The molecule has 1 aliphatic rings. The monoisotopic (exact) mass is 374 g/mol. The molecule has 0 aromatic heterocycles. The molecule has 1 amide bonds. The Balaban J connectivity index is 1.40. The first-order valence-electron chi connectivity index (χ1n) is 9.10. The normalized spacial score (nSPS) is 15.8. The third kappa shape index (κ3) is 5.29. The third-order valence-electron chi connectivity index (χ3n) is 4.92. The molecule has 1 heterocycles. The van der Waals surface area contributed by atoms with Crippen LogP contribution in [0.4, 0.5) is 4.39 Å². The second-order valence-corrected chi connectivity index (χ2v) is 7.25. The van der Waals surface area contributed by atoms with Crippen LogP contribution < -0.4 is 5.32 Å². The van der Waals surface area contributed by atoms with Crippen molar-refractivity contribution in [1.82, 2.24) is 10.2 Å². The summed E-state index contributed by atoms with van der Waals surface area (Å²) in [4.78, 5) is 14.5. The average molecular weight is 375 g/mol. The molecule has 1 fully saturated rings. The van der Waals surface area contributed by atoms with E-state index in [2.05, 4.69) is 22.3 Å². The van der Waals surface area contributed by atoms with Gasteiger partial charge in [-0.05, 0) is 50.0 Å². The summed E-state index contributed by atoms with van der Waals surface area (Å²) in [6, 6.07) is 15.0. The number of hydrogen-bond donors (Lipinski definition) is 1. The predicted octanol–water partition coefficient (Wildman–Crippen LogP) is 4.05. The summed E-state index contributed by atoms with van der Waals surface area (Å²) in [5.74, 6) is -0.0754.